The molecule has 2 aromatic heterocycles. The first kappa shape index (κ1) is 17.6. The van der Waals surface area contributed by atoms with Gasteiger partial charge in [-0.3, -0.25) is 20.0 Å². The maximum absolute atomic E-state index is 9.89. The molecule has 0 bridgehead atoms. The van der Waals surface area contributed by atoms with E-state index in [9.17, 15) is 10.2 Å². The molecule has 0 saturated heterocycles. The number of hydrogen-bond acceptors (Lipinski definition) is 6. The van der Waals surface area contributed by atoms with Crippen LogP contribution >= 0.6 is 0 Å². The minimum Gasteiger partial charge on any atom is -0.506 e. The van der Waals surface area contributed by atoms with E-state index in [0.29, 0.717) is 24.1 Å². The number of aromatic nitrogens is 2. The summed E-state index contributed by atoms with van der Waals surface area (Å²) < 4.78 is 0. The van der Waals surface area contributed by atoms with Crippen molar-refractivity contribution in [2.24, 2.45) is 9.98 Å². The molecule has 6 heteroatoms. The first-order valence-corrected chi connectivity index (χ1v) is 8.87. The van der Waals surface area contributed by atoms with Crippen molar-refractivity contribution in [2.75, 3.05) is 13.1 Å². The van der Waals surface area contributed by atoms with Crippen LogP contribution in [-0.2, 0) is 0 Å². The Balaban J connectivity index is 1.44. The summed E-state index contributed by atoms with van der Waals surface area (Å²) in [5.41, 5.74) is 2.94. The fourth-order valence-corrected chi connectivity index (χ4v) is 3.03. The van der Waals surface area contributed by atoms with Crippen LogP contribution in [0, 0.1) is 0 Å². The molecule has 4 rings (SSSR count). The van der Waals surface area contributed by atoms with Crippen LogP contribution in [0.15, 0.2) is 70.9 Å². The Morgan fingerprint density at radius 1 is 0.679 bits per heavy atom. The van der Waals surface area contributed by atoms with E-state index in [1.807, 2.05) is 36.4 Å². The van der Waals surface area contributed by atoms with Gasteiger partial charge in [-0.2, -0.15) is 0 Å². The zero-order valence-electron chi connectivity index (χ0n) is 15.0. The summed E-state index contributed by atoms with van der Waals surface area (Å²) in [4.78, 5) is 17.3. The smallest absolute Gasteiger partial charge is 0.141 e. The van der Waals surface area contributed by atoms with E-state index in [1.54, 1.807) is 37.0 Å². The molecule has 0 fully saturated rings. The molecule has 0 atom stereocenters. The van der Waals surface area contributed by atoms with Crippen molar-refractivity contribution in [3.63, 3.8) is 0 Å². The van der Waals surface area contributed by atoms with Crippen molar-refractivity contribution in [1.82, 2.24) is 9.97 Å². The molecule has 2 N–H and O–H groups in total. The number of nitrogens with zero attached hydrogens (tertiary/aromatic N) is 4. The van der Waals surface area contributed by atoms with Gasteiger partial charge in [0.15, 0.2) is 0 Å². The van der Waals surface area contributed by atoms with Crippen molar-refractivity contribution >= 4 is 34.2 Å². The number of rotatable bonds is 5. The number of fused-ring (bicyclic) bond motifs is 2. The Labute approximate surface area is 161 Å². The summed E-state index contributed by atoms with van der Waals surface area (Å²) in [7, 11) is 0. The molecule has 2 heterocycles. The predicted molar refractivity (Wildman–Crippen MR) is 112 cm³/mol. The van der Waals surface area contributed by atoms with E-state index in [-0.39, 0.29) is 11.5 Å². The number of phenols is 2. The maximum atomic E-state index is 9.89. The van der Waals surface area contributed by atoms with Crippen LogP contribution in [0.25, 0.3) is 21.8 Å². The van der Waals surface area contributed by atoms with Gasteiger partial charge in [-0.15, -0.1) is 0 Å². The van der Waals surface area contributed by atoms with Crippen LogP contribution in [-0.4, -0.2) is 45.7 Å². The van der Waals surface area contributed by atoms with Gasteiger partial charge in [0.05, 0.1) is 13.1 Å². The molecule has 0 aliphatic carbocycles. The van der Waals surface area contributed by atoms with Crippen LogP contribution in [0.2, 0.25) is 0 Å². The Hall–Kier alpha value is -3.80. The number of phenolic OH excluding ortho intramolecular Hbond substituents is 2. The highest BCUT2D eigenvalue weighted by atomic mass is 16.3. The molecule has 0 spiro atoms. The fourth-order valence-electron chi connectivity index (χ4n) is 3.03. The SMILES string of the molecule is Oc1ccc(C=NCCN=Cc2ccc(O)c3ncccc23)c2cccnc12. The van der Waals surface area contributed by atoms with E-state index in [1.165, 1.54) is 0 Å². The number of aliphatic imine (C=N–C) groups is 2. The van der Waals surface area contributed by atoms with Gasteiger partial charge in [0.1, 0.15) is 22.5 Å². The maximum Gasteiger partial charge on any atom is 0.141 e. The first-order chi connectivity index (χ1) is 13.7. The monoisotopic (exact) mass is 370 g/mol. The summed E-state index contributed by atoms with van der Waals surface area (Å²) in [6.45, 7) is 1.07. The van der Waals surface area contributed by atoms with E-state index >= 15 is 0 Å². The van der Waals surface area contributed by atoms with Gasteiger partial charge in [-0.05, 0) is 36.4 Å². The molecule has 0 saturated carbocycles. The lowest BCUT2D eigenvalue weighted by Crippen LogP contribution is -1.93. The third-order valence-electron chi connectivity index (χ3n) is 4.38. The minimum absolute atomic E-state index is 0.160. The van der Waals surface area contributed by atoms with E-state index in [2.05, 4.69) is 20.0 Å². The average Bonchev–Trinajstić information content (AvgIpc) is 2.74. The summed E-state index contributed by atoms with van der Waals surface area (Å²) in [6, 6.07) is 14.4. The highest BCUT2D eigenvalue weighted by Gasteiger charge is 2.05. The Morgan fingerprint density at radius 2 is 1.14 bits per heavy atom. The number of aromatic hydroxyl groups is 2. The predicted octanol–water partition coefficient (Wildman–Crippen LogP) is 3.73. The molecule has 138 valence electrons. The molecule has 2 aromatic carbocycles. The number of pyridine rings is 2. The second-order valence-corrected chi connectivity index (χ2v) is 6.22. The molecule has 0 aliphatic heterocycles. The Kier molecular flexibility index (Phi) is 4.93. The lowest BCUT2D eigenvalue weighted by atomic mass is 10.1. The normalized spacial score (nSPS) is 11.9. The number of hydrogen-bond donors (Lipinski definition) is 2. The van der Waals surface area contributed by atoms with E-state index in [4.69, 9.17) is 0 Å². The Morgan fingerprint density at radius 3 is 1.61 bits per heavy atom. The van der Waals surface area contributed by atoms with Crippen molar-refractivity contribution in [1.29, 1.82) is 0 Å². The third kappa shape index (κ3) is 3.53. The van der Waals surface area contributed by atoms with Crippen molar-refractivity contribution in [2.45, 2.75) is 0 Å². The minimum atomic E-state index is 0.160. The zero-order chi connectivity index (χ0) is 19.3. The van der Waals surface area contributed by atoms with Crippen LogP contribution in [0.5, 0.6) is 11.5 Å². The molecule has 6 nitrogen and oxygen atoms in total. The van der Waals surface area contributed by atoms with Gasteiger partial charge in [0, 0.05) is 46.7 Å². The Bertz CT molecular complexity index is 1110. The molecule has 4 aromatic rings. The van der Waals surface area contributed by atoms with Crippen molar-refractivity contribution in [3.8, 4) is 11.5 Å². The second kappa shape index (κ2) is 7.84. The highest BCUT2D eigenvalue weighted by Crippen LogP contribution is 2.25. The lowest BCUT2D eigenvalue weighted by Gasteiger charge is -2.03. The van der Waals surface area contributed by atoms with Gasteiger partial charge in [-0.1, -0.05) is 12.1 Å². The number of benzene rings is 2. The van der Waals surface area contributed by atoms with Crippen LogP contribution in [0.3, 0.4) is 0 Å². The van der Waals surface area contributed by atoms with Crippen molar-refractivity contribution < 1.29 is 10.2 Å². The summed E-state index contributed by atoms with van der Waals surface area (Å²) in [5.74, 6) is 0.320. The van der Waals surface area contributed by atoms with Crippen LogP contribution in [0.4, 0.5) is 0 Å². The molecule has 0 aliphatic rings. The van der Waals surface area contributed by atoms with Gasteiger partial charge >= 0.3 is 0 Å². The first-order valence-electron chi connectivity index (χ1n) is 8.87. The molecule has 0 radical (unpaired) electrons. The largest absolute Gasteiger partial charge is 0.506 e. The fraction of sp³-hybridized carbons (Fsp3) is 0.0909. The zero-order valence-corrected chi connectivity index (χ0v) is 15.0. The second-order valence-electron chi connectivity index (χ2n) is 6.22. The van der Waals surface area contributed by atoms with E-state index in [0.717, 1.165) is 21.9 Å². The van der Waals surface area contributed by atoms with Gasteiger partial charge < -0.3 is 10.2 Å². The highest BCUT2D eigenvalue weighted by molar-refractivity contribution is 6.01. The third-order valence-corrected chi connectivity index (χ3v) is 4.38. The summed E-state index contributed by atoms with van der Waals surface area (Å²) in [6.07, 6.45) is 6.86. The molecule has 28 heavy (non-hydrogen) atoms. The molecule has 0 unspecified atom stereocenters. The molecule has 0 amide bonds. The lowest BCUT2D eigenvalue weighted by molar-refractivity contribution is 0.480. The van der Waals surface area contributed by atoms with Gasteiger partial charge in [-0.25, -0.2) is 0 Å². The summed E-state index contributed by atoms with van der Waals surface area (Å²) in [5, 5.41) is 21.5. The topological polar surface area (TPSA) is 91.0 Å². The van der Waals surface area contributed by atoms with Crippen molar-refractivity contribution in [3.05, 3.63) is 72.1 Å². The summed E-state index contributed by atoms with van der Waals surface area (Å²) >= 11 is 0. The van der Waals surface area contributed by atoms with E-state index < -0.39 is 0 Å². The average molecular weight is 370 g/mol. The quantitative estimate of drug-likeness (QED) is 0.414. The van der Waals surface area contributed by atoms with Crippen LogP contribution < -0.4 is 0 Å². The molecular formula is C22H18N4O2. The molecular weight excluding hydrogens is 352 g/mol. The van der Waals surface area contributed by atoms with Gasteiger partial charge in [0.25, 0.3) is 0 Å². The van der Waals surface area contributed by atoms with Crippen LogP contribution in [0.1, 0.15) is 11.1 Å². The van der Waals surface area contributed by atoms with Gasteiger partial charge in [0.2, 0.25) is 0 Å². The standard InChI is InChI=1S/C22H18N4O2/c27-19-7-5-15(17-3-1-9-25-21(17)19)13-23-11-12-24-14-16-6-8-20(28)22-18(16)4-2-10-26-22/h1-10,13-14,27-28H,11-12H2.